The number of nitrogens with zero attached hydrogens (tertiary/aromatic N) is 4. The molecule has 3 aromatic carbocycles. The van der Waals surface area contributed by atoms with Gasteiger partial charge in [0.15, 0.2) is 0 Å². The van der Waals surface area contributed by atoms with E-state index in [1.165, 1.54) is 0 Å². The van der Waals surface area contributed by atoms with Gasteiger partial charge in [-0.3, -0.25) is 0 Å². The van der Waals surface area contributed by atoms with Crippen molar-refractivity contribution in [3.63, 3.8) is 0 Å². The van der Waals surface area contributed by atoms with Crippen molar-refractivity contribution < 1.29 is 9.53 Å². The minimum atomic E-state index is -0.250. The molecule has 0 amide bonds. The third-order valence-electron chi connectivity index (χ3n) is 6.70. The standard InChI is InChI=1S/C30H32N6O2/c1-3-18-36-27(28(30(37)38-4-2)26(33-36)19-21-10-6-5-7-11-21)20-22-14-16-23(17-15-22)24-12-8-9-13-25(24)29-31-34-35-32-29/h5-17,27,33H,3-4,18-20H2,1-2H3,(H,31,32,34,35). The molecule has 194 valence electrons. The van der Waals surface area contributed by atoms with E-state index < -0.39 is 0 Å². The number of carbonyl (C=O) groups excluding carboxylic acids is 1. The van der Waals surface area contributed by atoms with Crippen LogP contribution in [-0.2, 0) is 22.4 Å². The molecule has 38 heavy (non-hydrogen) atoms. The molecule has 0 fully saturated rings. The lowest BCUT2D eigenvalue weighted by atomic mass is 9.94. The maximum atomic E-state index is 13.2. The lowest BCUT2D eigenvalue weighted by Gasteiger charge is -2.26. The number of hydrazine groups is 1. The highest BCUT2D eigenvalue weighted by atomic mass is 16.5. The molecular weight excluding hydrogens is 476 g/mol. The molecule has 0 saturated carbocycles. The molecule has 5 rings (SSSR count). The number of hydrogen-bond donors (Lipinski definition) is 2. The van der Waals surface area contributed by atoms with E-state index in [1.807, 2.05) is 43.3 Å². The van der Waals surface area contributed by atoms with Gasteiger partial charge in [-0.25, -0.2) is 9.80 Å². The molecule has 0 saturated heterocycles. The number of esters is 1. The molecule has 1 aliphatic rings. The molecule has 8 nitrogen and oxygen atoms in total. The van der Waals surface area contributed by atoms with Gasteiger partial charge in [0, 0.05) is 24.2 Å². The largest absolute Gasteiger partial charge is 0.463 e. The van der Waals surface area contributed by atoms with Gasteiger partial charge in [-0.15, -0.1) is 10.2 Å². The van der Waals surface area contributed by atoms with Crippen molar-refractivity contribution >= 4 is 5.97 Å². The number of tetrazole rings is 1. The Labute approximate surface area is 222 Å². The molecule has 0 aliphatic carbocycles. The van der Waals surface area contributed by atoms with E-state index in [0.717, 1.165) is 52.1 Å². The molecule has 8 heteroatoms. The predicted molar refractivity (Wildman–Crippen MR) is 146 cm³/mol. The van der Waals surface area contributed by atoms with Crippen molar-refractivity contribution in [1.29, 1.82) is 0 Å². The molecule has 4 aromatic rings. The van der Waals surface area contributed by atoms with Crippen molar-refractivity contribution in [2.45, 2.75) is 39.2 Å². The van der Waals surface area contributed by atoms with Crippen LogP contribution in [0.25, 0.3) is 22.5 Å². The summed E-state index contributed by atoms with van der Waals surface area (Å²) in [5.74, 6) is 0.312. The zero-order valence-electron chi connectivity index (χ0n) is 21.7. The SMILES string of the molecule is CCCN1NC(Cc2ccccc2)=C(C(=O)OCC)C1Cc1ccc(-c2ccccc2-c2nn[nH]n2)cc1. The molecule has 1 aliphatic heterocycles. The predicted octanol–water partition coefficient (Wildman–Crippen LogP) is 4.73. The van der Waals surface area contributed by atoms with Crippen molar-refractivity contribution in [3.8, 4) is 22.5 Å². The fraction of sp³-hybridized carbons (Fsp3) is 0.267. The van der Waals surface area contributed by atoms with Crippen molar-refractivity contribution in [1.82, 2.24) is 31.1 Å². The molecule has 1 atom stereocenters. The van der Waals surface area contributed by atoms with E-state index in [2.05, 4.69) is 80.4 Å². The summed E-state index contributed by atoms with van der Waals surface area (Å²) in [6.07, 6.45) is 2.30. The number of benzene rings is 3. The second kappa shape index (κ2) is 11.8. The number of nitrogens with one attached hydrogen (secondary N) is 2. The van der Waals surface area contributed by atoms with Crippen molar-refractivity contribution in [2.75, 3.05) is 13.2 Å². The highest BCUT2D eigenvalue weighted by molar-refractivity contribution is 5.91. The molecule has 1 unspecified atom stereocenters. The molecule has 1 aromatic heterocycles. The van der Waals surface area contributed by atoms with Crippen LogP contribution in [0, 0.1) is 0 Å². The highest BCUT2D eigenvalue weighted by Crippen LogP contribution is 2.31. The normalized spacial score (nSPS) is 15.5. The Morgan fingerprint density at radius 1 is 0.921 bits per heavy atom. The first-order valence-corrected chi connectivity index (χ1v) is 13.1. The van der Waals surface area contributed by atoms with Gasteiger partial charge in [-0.1, -0.05) is 85.8 Å². The van der Waals surface area contributed by atoms with Crippen LogP contribution in [0.1, 0.15) is 31.4 Å². The van der Waals surface area contributed by atoms with Crippen molar-refractivity contribution in [2.24, 2.45) is 0 Å². The number of aromatic amines is 1. The number of rotatable bonds is 10. The Kier molecular flexibility index (Phi) is 7.89. The van der Waals surface area contributed by atoms with Gasteiger partial charge in [0.1, 0.15) is 0 Å². The van der Waals surface area contributed by atoms with Crippen LogP contribution in [0.4, 0.5) is 0 Å². The van der Waals surface area contributed by atoms with E-state index >= 15 is 0 Å². The highest BCUT2D eigenvalue weighted by Gasteiger charge is 2.37. The number of ether oxygens (including phenoxy) is 1. The van der Waals surface area contributed by atoms with Crippen LogP contribution in [0.3, 0.4) is 0 Å². The molecule has 2 heterocycles. The first-order chi connectivity index (χ1) is 18.7. The van der Waals surface area contributed by atoms with Crippen LogP contribution in [0.5, 0.6) is 0 Å². The third kappa shape index (κ3) is 5.50. The van der Waals surface area contributed by atoms with E-state index in [0.29, 0.717) is 25.3 Å². The van der Waals surface area contributed by atoms with E-state index in [9.17, 15) is 4.79 Å². The Hall–Kier alpha value is -4.30. The van der Waals surface area contributed by atoms with Crippen LogP contribution in [0.15, 0.2) is 90.1 Å². The number of carbonyl (C=O) groups is 1. The lowest BCUT2D eigenvalue weighted by Crippen LogP contribution is -2.42. The summed E-state index contributed by atoms with van der Waals surface area (Å²) in [5.41, 5.74) is 10.5. The van der Waals surface area contributed by atoms with Gasteiger partial charge < -0.3 is 10.2 Å². The maximum Gasteiger partial charge on any atom is 0.337 e. The van der Waals surface area contributed by atoms with E-state index in [4.69, 9.17) is 4.74 Å². The molecule has 0 spiro atoms. The summed E-state index contributed by atoms with van der Waals surface area (Å²) >= 11 is 0. The summed E-state index contributed by atoms with van der Waals surface area (Å²) in [7, 11) is 0. The number of hydrogen-bond acceptors (Lipinski definition) is 7. The summed E-state index contributed by atoms with van der Waals surface area (Å²) < 4.78 is 5.53. The fourth-order valence-corrected chi connectivity index (χ4v) is 4.99. The average Bonchev–Trinajstić information content (AvgIpc) is 3.59. The van der Waals surface area contributed by atoms with Gasteiger partial charge in [0.05, 0.1) is 18.2 Å². The molecule has 2 N–H and O–H groups in total. The monoisotopic (exact) mass is 508 g/mol. The smallest absolute Gasteiger partial charge is 0.337 e. The van der Waals surface area contributed by atoms with Gasteiger partial charge in [-0.2, -0.15) is 5.21 Å². The molecule has 0 bridgehead atoms. The van der Waals surface area contributed by atoms with Crippen LogP contribution < -0.4 is 5.43 Å². The van der Waals surface area contributed by atoms with Crippen LogP contribution >= 0.6 is 0 Å². The number of allylic oxidation sites excluding steroid dienone is 1. The van der Waals surface area contributed by atoms with Crippen molar-refractivity contribution in [3.05, 3.63) is 101 Å². The van der Waals surface area contributed by atoms with E-state index in [1.54, 1.807) is 0 Å². The Morgan fingerprint density at radius 3 is 2.34 bits per heavy atom. The second-order valence-electron chi connectivity index (χ2n) is 9.28. The van der Waals surface area contributed by atoms with Crippen LogP contribution in [0.2, 0.25) is 0 Å². The summed E-state index contributed by atoms with van der Waals surface area (Å²) in [6.45, 7) is 5.16. The van der Waals surface area contributed by atoms with Gasteiger partial charge in [-0.05, 0) is 47.2 Å². The number of aromatic nitrogens is 4. The minimum Gasteiger partial charge on any atom is -0.463 e. The zero-order chi connectivity index (χ0) is 26.3. The average molecular weight is 509 g/mol. The summed E-state index contributed by atoms with van der Waals surface area (Å²) in [4.78, 5) is 13.2. The second-order valence-corrected chi connectivity index (χ2v) is 9.28. The van der Waals surface area contributed by atoms with Gasteiger partial charge >= 0.3 is 5.97 Å². The quantitative estimate of drug-likeness (QED) is 0.299. The molecule has 0 radical (unpaired) electrons. The number of H-pyrrole nitrogens is 1. The van der Waals surface area contributed by atoms with Gasteiger partial charge in [0.2, 0.25) is 5.82 Å². The van der Waals surface area contributed by atoms with Crippen LogP contribution in [-0.4, -0.2) is 50.8 Å². The molecular formula is C30H32N6O2. The Morgan fingerprint density at radius 2 is 1.66 bits per heavy atom. The first kappa shape index (κ1) is 25.4. The first-order valence-electron chi connectivity index (χ1n) is 13.1. The third-order valence-corrected chi connectivity index (χ3v) is 6.70. The summed E-state index contributed by atoms with van der Waals surface area (Å²) in [6, 6.07) is 26.6. The van der Waals surface area contributed by atoms with Gasteiger partial charge in [0.25, 0.3) is 0 Å². The minimum absolute atomic E-state index is 0.120. The fourth-order valence-electron chi connectivity index (χ4n) is 4.99. The lowest BCUT2D eigenvalue weighted by molar-refractivity contribution is -0.139. The Bertz CT molecular complexity index is 1380. The summed E-state index contributed by atoms with van der Waals surface area (Å²) in [5, 5.41) is 16.7. The zero-order valence-corrected chi connectivity index (χ0v) is 21.7. The van der Waals surface area contributed by atoms with E-state index in [-0.39, 0.29) is 12.0 Å². The Balaban J connectivity index is 1.44. The topological polar surface area (TPSA) is 96.0 Å². The maximum absolute atomic E-state index is 13.2.